The van der Waals surface area contributed by atoms with Crippen LogP contribution >= 0.6 is 0 Å². The van der Waals surface area contributed by atoms with Gasteiger partial charge in [0.1, 0.15) is 0 Å². The number of hydrogen-bond donors (Lipinski definition) is 1. The molecule has 14 heavy (non-hydrogen) atoms. The Labute approximate surface area is 85.8 Å². The molecule has 1 aliphatic rings. The van der Waals surface area contributed by atoms with Gasteiger partial charge in [-0.2, -0.15) is 0 Å². The number of benzene rings is 1. The third-order valence-electron chi connectivity index (χ3n) is 3.39. The van der Waals surface area contributed by atoms with E-state index in [0.717, 1.165) is 12.8 Å². The van der Waals surface area contributed by atoms with Crippen LogP contribution < -0.4 is 0 Å². The monoisotopic (exact) mass is 190 g/mol. The van der Waals surface area contributed by atoms with Gasteiger partial charge in [-0.25, -0.2) is 0 Å². The topological polar surface area (TPSA) is 20.2 Å². The molecule has 1 saturated carbocycles. The average Bonchev–Trinajstić information content (AvgIpc) is 2.52. The maximum absolute atomic E-state index is 9.89. The van der Waals surface area contributed by atoms with E-state index in [-0.39, 0.29) is 6.10 Å². The van der Waals surface area contributed by atoms with E-state index in [2.05, 4.69) is 32.0 Å². The highest BCUT2D eigenvalue weighted by Crippen LogP contribution is 2.37. The molecule has 0 aromatic heterocycles. The summed E-state index contributed by atoms with van der Waals surface area (Å²) >= 11 is 0. The van der Waals surface area contributed by atoms with Crippen LogP contribution in [0.15, 0.2) is 18.2 Å². The van der Waals surface area contributed by atoms with Crippen LogP contribution in [0, 0.1) is 13.8 Å². The second-order valence-corrected chi connectivity index (χ2v) is 4.41. The van der Waals surface area contributed by atoms with E-state index in [0.29, 0.717) is 5.92 Å². The van der Waals surface area contributed by atoms with Crippen LogP contribution in [0.1, 0.15) is 41.9 Å². The van der Waals surface area contributed by atoms with Crippen molar-refractivity contribution in [2.75, 3.05) is 0 Å². The van der Waals surface area contributed by atoms with E-state index < -0.39 is 0 Å². The van der Waals surface area contributed by atoms with E-state index in [1.165, 1.54) is 23.1 Å². The van der Waals surface area contributed by atoms with Crippen LogP contribution in [0.3, 0.4) is 0 Å². The highest BCUT2D eigenvalue weighted by molar-refractivity contribution is 5.37. The van der Waals surface area contributed by atoms with E-state index in [1.807, 2.05) is 0 Å². The van der Waals surface area contributed by atoms with E-state index in [9.17, 15) is 5.11 Å². The Bertz CT molecular complexity index is 310. The van der Waals surface area contributed by atoms with E-state index in [1.54, 1.807) is 0 Å². The fourth-order valence-electron chi connectivity index (χ4n) is 2.69. The number of rotatable bonds is 1. The summed E-state index contributed by atoms with van der Waals surface area (Å²) in [6, 6.07) is 6.39. The zero-order valence-electron chi connectivity index (χ0n) is 8.96. The zero-order chi connectivity index (χ0) is 10.1. The summed E-state index contributed by atoms with van der Waals surface area (Å²) in [5.74, 6) is 0.385. The average molecular weight is 190 g/mol. The first-order valence-corrected chi connectivity index (χ1v) is 5.44. The Morgan fingerprint density at radius 2 is 1.79 bits per heavy atom. The number of aliphatic hydroxyl groups is 1. The molecular weight excluding hydrogens is 172 g/mol. The first-order chi connectivity index (χ1) is 6.70. The predicted octanol–water partition coefficient (Wildman–Crippen LogP) is 2.93. The molecule has 1 aromatic rings. The van der Waals surface area contributed by atoms with Crippen molar-refractivity contribution in [3.8, 4) is 0 Å². The van der Waals surface area contributed by atoms with Crippen molar-refractivity contribution in [2.24, 2.45) is 0 Å². The van der Waals surface area contributed by atoms with Crippen molar-refractivity contribution in [1.29, 1.82) is 0 Å². The molecule has 0 bridgehead atoms. The number of aliphatic hydroxyl groups excluding tert-OH is 1. The summed E-state index contributed by atoms with van der Waals surface area (Å²) in [6.45, 7) is 4.29. The molecule has 1 N–H and O–H groups in total. The summed E-state index contributed by atoms with van der Waals surface area (Å²) in [5, 5.41) is 9.89. The molecule has 2 rings (SSSR count). The molecule has 76 valence electrons. The summed E-state index contributed by atoms with van der Waals surface area (Å²) in [4.78, 5) is 0. The SMILES string of the molecule is Cc1cccc(C)c1C1CCCC1O. The molecule has 0 spiro atoms. The van der Waals surface area contributed by atoms with Gasteiger partial charge >= 0.3 is 0 Å². The fraction of sp³-hybridized carbons (Fsp3) is 0.538. The summed E-state index contributed by atoms with van der Waals surface area (Å²) in [7, 11) is 0. The maximum Gasteiger partial charge on any atom is 0.0608 e. The third kappa shape index (κ3) is 1.57. The molecule has 1 aromatic carbocycles. The molecule has 0 amide bonds. The van der Waals surface area contributed by atoms with Crippen molar-refractivity contribution >= 4 is 0 Å². The largest absolute Gasteiger partial charge is 0.392 e. The van der Waals surface area contributed by atoms with Gasteiger partial charge in [0.25, 0.3) is 0 Å². The van der Waals surface area contributed by atoms with Crippen LogP contribution in [0.5, 0.6) is 0 Å². The number of hydrogen-bond acceptors (Lipinski definition) is 1. The van der Waals surface area contributed by atoms with Crippen molar-refractivity contribution < 1.29 is 5.11 Å². The molecular formula is C13H18O. The lowest BCUT2D eigenvalue weighted by atomic mass is 9.88. The minimum absolute atomic E-state index is 0.116. The number of aryl methyl sites for hydroxylation is 2. The second-order valence-electron chi connectivity index (χ2n) is 4.41. The molecule has 0 aliphatic heterocycles. The minimum atomic E-state index is -0.116. The fourth-order valence-corrected chi connectivity index (χ4v) is 2.69. The van der Waals surface area contributed by atoms with Gasteiger partial charge in [-0.15, -0.1) is 0 Å². The molecule has 1 nitrogen and oxygen atoms in total. The highest BCUT2D eigenvalue weighted by Gasteiger charge is 2.28. The van der Waals surface area contributed by atoms with Crippen LogP contribution in [-0.2, 0) is 0 Å². The Kier molecular flexibility index (Phi) is 2.60. The highest BCUT2D eigenvalue weighted by atomic mass is 16.3. The molecule has 1 fully saturated rings. The van der Waals surface area contributed by atoms with Crippen LogP contribution in [0.4, 0.5) is 0 Å². The lowest BCUT2D eigenvalue weighted by molar-refractivity contribution is 0.163. The summed E-state index contributed by atoms with van der Waals surface area (Å²) in [6.07, 6.45) is 3.17. The van der Waals surface area contributed by atoms with Gasteiger partial charge in [0.15, 0.2) is 0 Å². The standard InChI is InChI=1S/C13H18O/c1-9-5-3-6-10(2)13(9)11-7-4-8-12(11)14/h3,5-6,11-12,14H,4,7-8H2,1-2H3. The lowest BCUT2D eigenvalue weighted by Crippen LogP contribution is -2.13. The quantitative estimate of drug-likeness (QED) is 0.722. The molecule has 0 radical (unpaired) electrons. The molecule has 2 unspecified atom stereocenters. The molecule has 0 heterocycles. The van der Waals surface area contributed by atoms with Gasteiger partial charge in [-0.05, 0) is 43.4 Å². The van der Waals surface area contributed by atoms with E-state index in [4.69, 9.17) is 0 Å². The lowest BCUT2D eigenvalue weighted by Gasteiger charge is -2.19. The third-order valence-corrected chi connectivity index (χ3v) is 3.39. The molecule has 1 aliphatic carbocycles. The van der Waals surface area contributed by atoms with Crippen molar-refractivity contribution in [1.82, 2.24) is 0 Å². The Morgan fingerprint density at radius 3 is 2.29 bits per heavy atom. The first-order valence-electron chi connectivity index (χ1n) is 5.44. The Hall–Kier alpha value is -0.820. The van der Waals surface area contributed by atoms with Crippen LogP contribution in [0.2, 0.25) is 0 Å². The Morgan fingerprint density at radius 1 is 1.14 bits per heavy atom. The smallest absolute Gasteiger partial charge is 0.0608 e. The first kappa shape index (κ1) is 9.72. The maximum atomic E-state index is 9.89. The van der Waals surface area contributed by atoms with Crippen molar-refractivity contribution in [2.45, 2.75) is 45.1 Å². The molecule has 2 atom stereocenters. The summed E-state index contributed by atoms with van der Waals surface area (Å²) < 4.78 is 0. The predicted molar refractivity (Wildman–Crippen MR) is 58.5 cm³/mol. The normalized spacial score (nSPS) is 26.8. The minimum Gasteiger partial charge on any atom is -0.392 e. The van der Waals surface area contributed by atoms with Crippen molar-refractivity contribution in [3.05, 3.63) is 34.9 Å². The van der Waals surface area contributed by atoms with E-state index >= 15 is 0 Å². The molecule has 0 saturated heterocycles. The van der Waals surface area contributed by atoms with Crippen LogP contribution in [0.25, 0.3) is 0 Å². The van der Waals surface area contributed by atoms with Gasteiger partial charge in [-0.1, -0.05) is 24.6 Å². The van der Waals surface area contributed by atoms with Crippen molar-refractivity contribution in [3.63, 3.8) is 0 Å². The molecule has 1 heteroatoms. The van der Waals surface area contributed by atoms with Gasteiger partial charge in [0.2, 0.25) is 0 Å². The van der Waals surface area contributed by atoms with Gasteiger partial charge in [-0.3, -0.25) is 0 Å². The summed E-state index contributed by atoms with van der Waals surface area (Å²) in [5.41, 5.74) is 4.05. The Balaban J connectivity index is 2.39. The van der Waals surface area contributed by atoms with Crippen LogP contribution in [-0.4, -0.2) is 11.2 Å². The van der Waals surface area contributed by atoms with Gasteiger partial charge < -0.3 is 5.11 Å². The van der Waals surface area contributed by atoms with Gasteiger partial charge in [0, 0.05) is 5.92 Å². The zero-order valence-corrected chi connectivity index (χ0v) is 8.96. The second kappa shape index (κ2) is 3.74. The van der Waals surface area contributed by atoms with Gasteiger partial charge in [0.05, 0.1) is 6.10 Å².